The third-order valence-electron chi connectivity index (χ3n) is 2.10. The molecule has 90 valence electrons. The van der Waals surface area contributed by atoms with E-state index in [-0.39, 0.29) is 11.9 Å². The van der Waals surface area contributed by atoms with Crippen molar-refractivity contribution in [2.75, 3.05) is 13.7 Å². The minimum Gasteiger partial charge on any atom is -0.504 e. The van der Waals surface area contributed by atoms with Crippen molar-refractivity contribution < 1.29 is 14.9 Å². The SMILES string of the molecule is COc1cc(CNCC(C)O)c(Br)cc1O. The lowest BCUT2D eigenvalue weighted by molar-refractivity contribution is 0.191. The van der Waals surface area contributed by atoms with Crippen LogP contribution in [0, 0.1) is 0 Å². The van der Waals surface area contributed by atoms with E-state index >= 15 is 0 Å². The van der Waals surface area contributed by atoms with Gasteiger partial charge in [-0.2, -0.15) is 0 Å². The smallest absolute Gasteiger partial charge is 0.160 e. The monoisotopic (exact) mass is 289 g/mol. The summed E-state index contributed by atoms with van der Waals surface area (Å²) >= 11 is 3.36. The van der Waals surface area contributed by atoms with Gasteiger partial charge in [0.1, 0.15) is 0 Å². The van der Waals surface area contributed by atoms with Crippen LogP contribution in [0.4, 0.5) is 0 Å². The molecule has 1 aromatic rings. The predicted molar refractivity (Wildman–Crippen MR) is 65.7 cm³/mol. The fourth-order valence-electron chi connectivity index (χ4n) is 1.30. The first kappa shape index (κ1) is 13.3. The summed E-state index contributed by atoms with van der Waals surface area (Å²) in [4.78, 5) is 0. The van der Waals surface area contributed by atoms with Crippen molar-refractivity contribution in [3.05, 3.63) is 22.2 Å². The third-order valence-corrected chi connectivity index (χ3v) is 2.84. The van der Waals surface area contributed by atoms with Crippen molar-refractivity contribution in [2.24, 2.45) is 0 Å². The van der Waals surface area contributed by atoms with Gasteiger partial charge in [0, 0.05) is 17.6 Å². The number of hydrogen-bond donors (Lipinski definition) is 3. The maximum Gasteiger partial charge on any atom is 0.160 e. The molecule has 4 nitrogen and oxygen atoms in total. The van der Waals surface area contributed by atoms with Crippen LogP contribution in [0.2, 0.25) is 0 Å². The highest BCUT2D eigenvalue weighted by atomic mass is 79.9. The molecule has 3 N–H and O–H groups in total. The van der Waals surface area contributed by atoms with E-state index in [9.17, 15) is 5.11 Å². The van der Waals surface area contributed by atoms with Gasteiger partial charge < -0.3 is 20.3 Å². The van der Waals surface area contributed by atoms with Crippen LogP contribution in [0.25, 0.3) is 0 Å². The highest BCUT2D eigenvalue weighted by molar-refractivity contribution is 9.10. The van der Waals surface area contributed by atoms with Crippen LogP contribution in [0.5, 0.6) is 11.5 Å². The van der Waals surface area contributed by atoms with Gasteiger partial charge in [0.15, 0.2) is 11.5 Å². The Balaban J connectivity index is 2.72. The van der Waals surface area contributed by atoms with Crippen molar-refractivity contribution >= 4 is 15.9 Å². The van der Waals surface area contributed by atoms with Crippen molar-refractivity contribution in [1.82, 2.24) is 5.32 Å². The summed E-state index contributed by atoms with van der Waals surface area (Å²) in [6.07, 6.45) is -0.377. The topological polar surface area (TPSA) is 61.7 Å². The number of aliphatic hydroxyl groups is 1. The molecule has 0 saturated heterocycles. The Kier molecular flexibility index (Phi) is 5.05. The number of ether oxygens (including phenoxy) is 1. The van der Waals surface area contributed by atoms with E-state index in [4.69, 9.17) is 9.84 Å². The second-order valence-electron chi connectivity index (χ2n) is 3.60. The molecule has 0 aliphatic heterocycles. The maximum absolute atomic E-state index is 9.51. The standard InChI is InChI=1S/C11H16BrNO3/c1-7(14)5-13-6-8-3-11(16-2)10(15)4-9(8)12/h3-4,7,13-15H,5-6H2,1-2H3. The van der Waals surface area contributed by atoms with E-state index < -0.39 is 0 Å². The van der Waals surface area contributed by atoms with Crippen molar-refractivity contribution in [3.63, 3.8) is 0 Å². The second-order valence-corrected chi connectivity index (χ2v) is 4.45. The van der Waals surface area contributed by atoms with E-state index in [0.29, 0.717) is 18.8 Å². The predicted octanol–water partition coefficient (Wildman–Crippen LogP) is 1.63. The molecule has 0 amide bonds. The van der Waals surface area contributed by atoms with Gasteiger partial charge in [0.05, 0.1) is 13.2 Å². The summed E-state index contributed by atoms with van der Waals surface area (Å²) in [5.74, 6) is 0.547. The summed E-state index contributed by atoms with van der Waals surface area (Å²) in [5, 5.41) is 21.7. The first-order valence-corrected chi connectivity index (χ1v) is 5.78. The molecule has 1 atom stereocenters. The number of methoxy groups -OCH3 is 1. The zero-order valence-corrected chi connectivity index (χ0v) is 10.9. The lowest BCUT2D eigenvalue weighted by Crippen LogP contribution is -2.24. The van der Waals surface area contributed by atoms with E-state index in [1.165, 1.54) is 7.11 Å². The van der Waals surface area contributed by atoms with E-state index in [0.717, 1.165) is 10.0 Å². The maximum atomic E-state index is 9.51. The average molecular weight is 290 g/mol. The molecule has 0 radical (unpaired) electrons. The first-order valence-electron chi connectivity index (χ1n) is 4.98. The van der Waals surface area contributed by atoms with Crippen LogP contribution in [0.3, 0.4) is 0 Å². The zero-order chi connectivity index (χ0) is 12.1. The Labute approximate surface area is 103 Å². The number of rotatable bonds is 5. The van der Waals surface area contributed by atoms with Gasteiger partial charge in [0.25, 0.3) is 0 Å². The van der Waals surface area contributed by atoms with Gasteiger partial charge in [0.2, 0.25) is 0 Å². The van der Waals surface area contributed by atoms with Gasteiger partial charge in [-0.15, -0.1) is 0 Å². The van der Waals surface area contributed by atoms with Gasteiger partial charge in [-0.1, -0.05) is 15.9 Å². The molecule has 5 heteroatoms. The van der Waals surface area contributed by atoms with Crippen LogP contribution >= 0.6 is 15.9 Å². The molecule has 0 heterocycles. The Morgan fingerprint density at radius 3 is 2.75 bits per heavy atom. The minimum absolute atomic E-state index is 0.105. The molecule has 0 spiro atoms. The molecule has 1 unspecified atom stereocenters. The third kappa shape index (κ3) is 3.66. The van der Waals surface area contributed by atoms with Crippen LogP contribution in [-0.2, 0) is 6.54 Å². The number of halogens is 1. The lowest BCUT2D eigenvalue weighted by atomic mass is 10.2. The normalized spacial score (nSPS) is 12.5. The number of phenolic OH excluding ortho intramolecular Hbond substituents is 1. The molecule has 16 heavy (non-hydrogen) atoms. The average Bonchev–Trinajstić information content (AvgIpc) is 2.20. The van der Waals surface area contributed by atoms with E-state index in [1.54, 1.807) is 19.1 Å². The highest BCUT2D eigenvalue weighted by Crippen LogP contribution is 2.32. The second kappa shape index (κ2) is 6.08. The number of benzene rings is 1. The van der Waals surface area contributed by atoms with Gasteiger partial charge >= 0.3 is 0 Å². The van der Waals surface area contributed by atoms with Gasteiger partial charge in [-0.3, -0.25) is 0 Å². The Bertz CT molecular complexity index is 355. The highest BCUT2D eigenvalue weighted by Gasteiger charge is 2.07. The van der Waals surface area contributed by atoms with Crippen LogP contribution < -0.4 is 10.1 Å². The Morgan fingerprint density at radius 1 is 1.50 bits per heavy atom. The Morgan fingerprint density at radius 2 is 2.19 bits per heavy atom. The van der Waals surface area contributed by atoms with Crippen molar-refractivity contribution in [3.8, 4) is 11.5 Å². The van der Waals surface area contributed by atoms with E-state index in [1.807, 2.05) is 0 Å². The largest absolute Gasteiger partial charge is 0.504 e. The van der Waals surface area contributed by atoms with Crippen LogP contribution in [0.1, 0.15) is 12.5 Å². The fraction of sp³-hybridized carbons (Fsp3) is 0.455. The molecule has 1 rings (SSSR count). The number of phenols is 1. The quantitative estimate of drug-likeness (QED) is 0.771. The van der Waals surface area contributed by atoms with Gasteiger partial charge in [-0.05, 0) is 24.6 Å². The van der Waals surface area contributed by atoms with Crippen LogP contribution in [0.15, 0.2) is 16.6 Å². The van der Waals surface area contributed by atoms with Crippen molar-refractivity contribution in [1.29, 1.82) is 0 Å². The minimum atomic E-state index is -0.377. The number of hydrogen-bond acceptors (Lipinski definition) is 4. The molecule has 0 saturated carbocycles. The Hall–Kier alpha value is -0.780. The molecule has 0 fully saturated rings. The molecular formula is C11H16BrNO3. The lowest BCUT2D eigenvalue weighted by Gasteiger charge is -2.11. The van der Waals surface area contributed by atoms with Crippen LogP contribution in [-0.4, -0.2) is 30.0 Å². The zero-order valence-electron chi connectivity index (χ0n) is 9.33. The molecule has 1 aromatic carbocycles. The molecule has 0 aromatic heterocycles. The summed E-state index contributed by atoms with van der Waals surface area (Å²) in [5.41, 5.74) is 0.968. The molecule has 0 bridgehead atoms. The summed E-state index contributed by atoms with van der Waals surface area (Å²) in [6.45, 7) is 2.84. The van der Waals surface area contributed by atoms with E-state index in [2.05, 4.69) is 21.2 Å². The van der Waals surface area contributed by atoms with Gasteiger partial charge in [-0.25, -0.2) is 0 Å². The van der Waals surface area contributed by atoms with Crippen molar-refractivity contribution in [2.45, 2.75) is 19.6 Å². The summed E-state index contributed by atoms with van der Waals surface area (Å²) < 4.78 is 5.83. The molecular weight excluding hydrogens is 274 g/mol. The molecule has 0 aliphatic rings. The fourth-order valence-corrected chi connectivity index (χ4v) is 1.77. The summed E-state index contributed by atoms with van der Waals surface area (Å²) in [7, 11) is 1.51. The number of aliphatic hydroxyl groups excluding tert-OH is 1. The molecule has 0 aliphatic carbocycles. The number of nitrogens with one attached hydrogen (secondary N) is 1. The summed E-state index contributed by atoms with van der Waals surface area (Å²) in [6, 6.07) is 3.35. The first-order chi connectivity index (χ1) is 7.54. The number of aromatic hydroxyl groups is 1.